The van der Waals surface area contributed by atoms with Crippen LogP contribution in [0.5, 0.6) is 0 Å². The average molecular weight is 334 g/mol. The van der Waals surface area contributed by atoms with Crippen molar-refractivity contribution < 1.29 is 4.79 Å². The summed E-state index contributed by atoms with van der Waals surface area (Å²) in [5.74, 6) is 0.353. The average Bonchev–Trinajstić information content (AvgIpc) is 2.54. The van der Waals surface area contributed by atoms with E-state index in [1.54, 1.807) is 36.4 Å². The van der Waals surface area contributed by atoms with E-state index in [1.165, 1.54) is 0 Å². The first-order chi connectivity index (χ1) is 11.0. The van der Waals surface area contributed by atoms with E-state index in [1.807, 2.05) is 14.1 Å². The molecule has 1 heterocycles. The highest BCUT2D eigenvalue weighted by Crippen LogP contribution is 2.14. The second-order valence-electron chi connectivity index (χ2n) is 5.35. The van der Waals surface area contributed by atoms with Gasteiger partial charge in [-0.25, -0.2) is 0 Å². The molecule has 0 aliphatic carbocycles. The van der Waals surface area contributed by atoms with Gasteiger partial charge < -0.3 is 15.5 Å². The van der Waals surface area contributed by atoms with E-state index in [2.05, 4.69) is 25.7 Å². The highest BCUT2D eigenvalue weighted by Gasteiger charge is 2.08. The Labute approximate surface area is 140 Å². The smallest absolute Gasteiger partial charge is 0.276 e. The van der Waals surface area contributed by atoms with Crippen molar-refractivity contribution in [3.63, 3.8) is 0 Å². The molecular formula is C16H20ClN5O. The number of carbonyl (C=O) groups excluding carboxylic acids is 1. The molecule has 0 saturated heterocycles. The number of rotatable bonds is 7. The Hall–Kier alpha value is -2.18. The minimum Gasteiger partial charge on any atom is -0.369 e. The Morgan fingerprint density at radius 3 is 2.48 bits per heavy atom. The number of aromatic nitrogens is 2. The van der Waals surface area contributed by atoms with Gasteiger partial charge in [0.05, 0.1) is 0 Å². The summed E-state index contributed by atoms with van der Waals surface area (Å²) in [5.41, 5.74) is 0.922. The molecule has 0 atom stereocenters. The third-order valence-electron chi connectivity index (χ3n) is 3.09. The van der Waals surface area contributed by atoms with Crippen LogP contribution >= 0.6 is 11.6 Å². The number of nitrogens with zero attached hydrogens (tertiary/aromatic N) is 3. The number of nitrogens with one attached hydrogen (secondary N) is 2. The third kappa shape index (κ3) is 5.84. The fraction of sp³-hybridized carbons (Fsp3) is 0.312. The molecule has 2 aromatic rings. The van der Waals surface area contributed by atoms with Crippen LogP contribution in [-0.4, -0.2) is 48.2 Å². The highest BCUT2D eigenvalue weighted by molar-refractivity contribution is 6.30. The Bertz CT molecular complexity index is 628. The summed E-state index contributed by atoms with van der Waals surface area (Å²) < 4.78 is 0. The van der Waals surface area contributed by atoms with Crippen molar-refractivity contribution in [2.75, 3.05) is 37.8 Å². The lowest BCUT2D eigenvalue weighted by Crippen LogP contribution is -2.17. The van der Waals surface area contributed by atoms with Gasteiger partial charge in [-0.2, -0.15) is 0 Å². The lowest BCUT2D eigenvalue weighted by atomic mass is 10.3. The molecule has 1 amide bonds. The van der Waals surface area contributed by atoms with Gasteiger partial charge in [0, 0.05) is 17.3 Å². The van der Waals surface area contributed by atoms with Crippen molar-refractivity contribution in [1.29, 1.82) is 0 Å². The molecule has 0 bridgehead atoms. The van der Waals surface area contributed by atoms with Crippen molar-refractivity contribution in [2.24, 2.45) is 0 Å². The molecule has 7 heteroatoms. The molecule has 1 aromatic heterocycles. The van der Waals surface area contributed by atoms with Gasteiger partial charge in [0.25, 0.3) is 5.91 Å². The number of hydrogen-bond acceptors (Lipinski definition) is 5. The molecule has 0 aliphatic heterocycles. The second kappa shape index (κ2) is 8.45. The largest absolute Gasteiger partial charge is 0.369 e. The minimum atomic E-state index is -0.306. The van der Waals surface area contributed by atoms with Gasteiger partial charge in [-0.1, -0.05) is 11.6 Å². The van der Waals surface area contributed by atoms with Gasteiger partial charge in [-0.15, -0.1) is 10.2 Å². The normalized spacial score (nSPS) is 10.6. The first-order valence-electron chi connectivity index (χ1n) is 7.34. The van der Waals surface area contributed by atoms with Crippen LogP contribution in [0.3, 0.4) is 0 Å². The molecule has 0 aliphatic rings. The van der Waals surface area contributed by atoms with Crippen LogP contribution < -0.4 is 10.6 Å². The van der Waals surface area contributed by atoms with Crippen molar-refractivity contribution in [1.82, 2.24) is 15.1 Å². The van der Waals surface area contributed by atoms with Gasteiger partial charge in [0.1, 0.15) is 5.82 Å². The Morgan fingerprint density at radius 2 is 1.87 bits per heavy atom. The number of halogens is 1. The molecule has 0 unspecified atom stereocenters. The van der Waals surface area contributed by atoms with Crippen LogP contribution in [0, 0.1) is 0 Å². The maximum atomic E-state index is 12.1. The van der Waals surface area contributed by atoms with E-state index < -0.39 is 0 Å². The highest BCUT2D eigenvalue weighted by atomic mass is 35.5. The van der Waals surface area contributed by atoms with E-state index >= 15 is 0 Å². The minimum absolute atomic E-state index is 0.263. The second-order valence-corrected chi connectivity index (χ2v) is 5.78. The molecule has 23 heavy (non-hydrogen) atoms. The predicted molar refractivity (Wildman–Crippen MR) is 93.1 cm³/mol. The maximum Gasteiger partial charge on any atom is 0.276 e. The third-order valence-corrected chi connectivity index (χ3v) is 3.34. The molecule has 0 saturated carbocycles. The monoisotopic (exact) mass is 333 g/mol. The van der Waals surface area contributed by atoms with E-state index in [-0.39, 0.29) is 11.6 Å². The zero-order valence-corrected chi connectivity index (χ0v) is 14.0. The summed E-state index contributed by atoms with van der Waals surface area (Å²) in [6, 6.07) is 10.3. The number of benzene rings is 1. The quantitative estimate of drug-likeness (QED) is 0.762. The Morgan fingerprint density at radius 1 is 1.13 bits per heavy atom. The zero-order valence-electron chi connectivity index (χ0n) is 13.2. The lowest BCUT2D eigenvalue weighted by Gasteiger charge is -2.10. The fourth-order valence-corrected chi connectivity index (χ4v) is 2.01. The van der Waals surface area contributed by atoms with Crippen LogP contribution in [0.25, 0.3) is 0 Å². The van der Waals surface area contributed by atoms with Gasteiger partial charge in [0.15, 0.2) is 5.69 Å². The van der Waals surface area contributed by atoms with E-state index in [0.29, 0.717) is 16.5 Å². The summed E-state index contributed by atoms with van der Waals surface area (Å²) in [7, 11) is 4.07. The molecule has 0 radical (unpaired) electrons. The Balaban J connectivity index is 1.86. The van der Waals surface area contributed by atoms with Crippen molar-refractivity contribution in [3.8, 4) is 0 Å². The lowest BCUT2D eigenvalue weighted by molar-refractivity contribution is 0.102. The van der Waals surface area contributed by atoms with Gasteiger partial charge in [-0.05, 0) is 63.5 Å². The summed E-state index contributed by atoms with van der Waals surface area (Å²) in [4.78, 5) is 14.2. The predicted octanol–water partition coefficient (Wildman–Crippen LogP) is 2.75. The molecule has 122 valence electrons. The van der Waals surface area contributed by atoms with E-state index in [9.17, 15) is 4.79 Å². The standard InChI is InChI=1S/C16H20ClN5O/c1-22(2)11-3-10-18-15-9-8-14(20-21-15)16(23)19-13-6-4-12(17)5-7-13/h4-9H,3,10-11H2,1-2H3,(H,18,21)(H,19,23). The SMILES string of the molecule is CN(C)CCCNc1ccc(C(=O)Nc2ccc(Cl)cc2)nn1. The molecule has 2 rings (SSSR count). The fourth-order valence-electron chi connectivity index (χ4n) is 1.89. The first-order valence-corrected chi connectivity index (χ1v) is 7.71. The zero-order chi connectivity index (χ0) is 16.7. The number of hydrogen-bond donors (Lipinski definition) is 2. The van der Waals surface area contributed by atoms with Gasteiger partial charge in [-0.3, -0.25) is 4.79 Å². The Kier molecular flexibility index (Phi) is 6.31. The van der Waals surface area contributed by atoms with Gasteiger partial charge >= 0.3 is 0 Å². The summed E-state index contributed by atoms with van der Waals surface area (Å²) >= 11 is 5.81. The topological polar surface area (TPSA) is 70.2 Å². The summed E-state index contributed by atoms with van der Waals surface area (Å²) in [6.45, 7) is 1.81. The first kappa shape index (κ1) is 17.2. The van der Waals surface area contributed by atoms with Crippen molar-refractivity contribution in [2.45, 2.75) is 6.42 Å². The summed E-state index contributed by atoms with van der Waals surface area (Å²) in [5, 5.41) is 14.5. The van der Waals surface area contributed by atoms with Crippen LogP contribution in [0.1, 0.15) is 16.9 Å². The van der Waals surface area contributed by atoms with Crippen LogP contribution in [0.4, 0.5) is 11.5 Å². The van der Waals surface area contributed by atoms with Crippen LogP contribution in [0.2, 0.25) is 5.02 Å². The summed E-state index contributed by atoms with van der Waals surface area (Å²) in [6.07, 6.45) is 1.01. The van der Waals surface area contributed by atoms with Crippen molar-refractivity contribution >= 4 is 29.0 Å². The molecular weight excluding hydrogens is 314 g/mol. The van der Waals surface area contributed by atoms with Crippen LogP contribution in [0.15, 0.2) is 36.4 Å². The number of carbonyl (C=O) groups is 1. The molecule has 0 fully saturated rings. The molecule has 0 spiro atoms. The molecule has 6 nitrogen and oxygen atoms in total. The number of amides is 1. The van der Waals surface area contributed by atoms with Gasteiger partial charge in [0.2, 0.25) is 0 Å². The van der Waals surface area contributed by atoms with Crippen LogP contribution in [-0.2, 0) is 0 Å². The van der Waals surface area contributed by atoms with E-state index in [0.717, 1.165) is 19.5 Å². The molecule has 1 aromatic carbocycles. The maximum absolute atomic E-state index is 12.1. The van der Waals surface area contributed by atoms with E-state index in [4.69, 9.17) is 11.6 Å². The number of anilines is 2. The van der Waals surface area contributed by atoms with Crippen molar-refractivity contribution in [3.05, 3.63) is 47.1 Å². The molecule has 2 N–H and O–H groups in total.